The molecule has 0 fully saturated rings. The summed E-state index contributed by atoms with van der Waals surface area (Å²) in [4.78, 5) is 11.8. The van der Waals surface area contributed by atoms with Gasteiger partial charge in [-0.3, -0.25) is 4.79 Å². The summed E-state index contributed by atoms with van der Waals surface area (Å²) in [6, 6.07) is 10.8. The predicted octanol–water partition coefficient (Wildman–Crippen LogP) is 2.65. The molecule has 2 aromatic rings. The van der Waals surface area contributed by atoms with Gasteiger partial charge in [0.15, 0.2) is 0 Å². The molecule has 0 saturated heterocycles. The predicted molar refractivity (Wildman–Crippen MR) is 77.1 cm³/mol. The Balaban J connectivity index is 1.83. The molecule has 0 aliphatic carbocycles. The number of aryl methyl sites for hydroxylation is 1. The van der Waals surface area contributed by atoms with Gasteiger partial charge in [-0.15, -0.1) is 0 Å². The summed E-state index contributed by atoms with van der Waals surface area (Å²) in [5, 5.41) is 12.1. The van der Waals surface area contributed by atoms with E-state index in [4.69, 9.17) is 4.74 Å². The van der Waals surface area contributed by atoms with Gasteiger partial charge in [0.1, 0.15) is 23.9 Å². The minimum atomic E-state index is -0.575. The van der Waals surface area contributed by atoms with Crippen LogP contribution >= 0.6 is 0 Å². The topological polar surface area (TPSA) is 58.6 Å². The van der Waals surface area contributed by atoms with Gasteiger partial charge < -0.3 is 15.2 Å². The number of carbonyl (C=O) groups is 1. The quantitative estimate of drug-likeness (QED) is 0.832. The first-order chi connectivity index (χ1) is 10.1. The molecule has 0 aliphatic rings. The molecule has 110 valence electrons. The maximum Gasteiger partial charge on any atom is 0.255 e. The van der Waals surface area contributed by atoms with Crippen LogP contribution in [0.2, 0.25) is 0 Å². The van der Waals surface area contributed by atoms with Crippen LogP contribution in [0, 0.1) is 12.7 Å². The number of aromatic hydroxyl groups is 1. The lowest BCUT2D eigenvalue weighted by Gasteiger charge is -2.09. The van der Waals surface area contributed by atoms with Crippen molar-refractivity contribution in [2.24, 2.45) is 0 Å². The summed E-state index contributed by atoms with van der Waals surface area (Å²) in [6.07, 6.45) is 0. The zero-order chi connectivity index (χ0) is 15.2. The van der Waals surface area contributed by atoms with E-state index in [1.54, 1.807) is 0 Å². The third-order valence-corrected chi connectivity index (χ3v) is 2.85. The van der Waals surface area contributed by atoms with E-state index < -0.39 is 11.7 Å². The summed E-state index contributed by atoms with van der Waals surface area (Å²) in [5.41, 5.74) is 0.992. The van der Waals surface area contributed by atoms with Crippen molar-refractivity contribution in [3.63, 3.8) is 0 Å². The van der Waals surface area contributed by atoms with Crippen molar-refractivity contribution < 1.29 is 19.0 Å². The lowest BCUT2D eigenvalue weighted by atomic mass is 10.2. The minimum absolute atomic E-state index is 0.0921. The second-order valence-corrected chi connectivity index (χ2v) is 4.58. The maximum absolute atomic E-state index is 13.0. The Morgan fingerprint density at radius 1 is 1.29 bits per heavy atom. The van der Waals surface area contributed by atoms with Crippen molar-refractivity contribution in [3.05, 3.63) is 59.4 Å². The van der Waals surface area contributed by atoms with Crippen LogP contribution in [0.3, 0.4) is 0 Å². The number of amides is 1. The molecule has 0 aromatic heterocycles. The number of ether oxygens (including phenoxy) is 1. The van der Waals surface area contributed by atoms with E-state index in [9.17, 15) is 14.3 Å². The van der Waals surface area contributed by atoms with Crippen molar-refractivity contribution >= 4 is 5.91 Å². The number of hydrogen-bond acceptors (Lipinski definition) is 3. The number of phenolic OH excluding ortho intramolecular Hbond substituents is 1. The van der Waals surface area contributed by atoms with E-state index in [2.05, 4.69) is 5.32 Å². The van der Waals surface area contributed by atoms with Crippen LogP contribution in [-0.2, 0) is 0 Å². The monoisotopic (exact) mass is 289 g/mol. The molecule has 0 heterocycles. The number of nitrogens with one attached hydrogen (secondary N) is 1. The van der Waals surface area contributed by atoms with E-state index in [-0.39, 0.29) is 24.5 Å². The van der Waals surface area contributed by atoms with Crippen LogP contribution < -0.4 is 10.1 Å². The molecule has 0 radical (unpaired) electrons. The summed E-state index contributed by atoms with van der Waals surface area (Å²) in [7, 11) is 0. The summed E-state index contributed by atoms with van der Waals surface area (Å²) >= 11 is 0. The summed E-state index contributed by atoms with van der Waals surface area (Å²) < 4.78 is 18.5. The Hall–Kier alpha value is -2.56. The van der Waals surface area contributed by atoms with Gasteiger partial charge in [-0.2, -0.15) is 0 Å². The molecule has 0 atom stereocenters. The van der Waals surface area contributed by atoms with Crippen LogP contribution in [0.15, 0.2) is 42.5 Å². The number of hydrogen-bond donors (Lipinski definition) is 2. The molecule has 2 rings (SSSR count). The van der Waals surface area contributed by atoms with Crippen molar-refractivity contribution in [2.75, 3.05) is 13.2 Å². The first-order valence-corrected chi connectivity index (χ1v) is 6.52. The van der Waals surface area contributed by atoms with E-state index in [0.717, 1.165) is 29.5 Å². The lowest BCUT2D eigenvalue weighted by Crippen LogP contribution is -2.28. The fourth-order valence-corrected chi connectivity index (χ4v) is 1.82. The highest BCUT2D eigenvalue weighted by atomic mass is 19.1. The fourth-order valence-electron chi connectivity index (χ4n) is 1.82. The molecular formula is C16H16FNO3. The lowest BCUT2D eigenvalue weighted by molar-refractivity contribution is 0.0944. The summed E-state index contributed by atoms with van der Waals surface area (Å²) in [5.74, 6) is -0.653. The highest BCUT2D eigenvalue weighted by molar-refractivity contribution is 5.96. The fraction of sp³-hybridized carbons (Fsp3) is 0.188. The molecule has 0 bridgehead atoms. The van der Waals surface area contributed by atoms with Gasteiger partial charge in [-0.1, -0.05) is 12.1 Å². The number of benzene rings is 2. The molecule has 0 spiro atoms. The third-order valence-electron chi connectivity index (χ3n) is 2.85. The second kappa shape index (κ2) is 6.74. The van der Waals surface area contributed by atoms with E-state index in [1.165, 1.54) is 0 Å². The van der Waals surface area contributed by atoms with Gasteiger partial charge in [0.05, 0.1) is 12.1 Å². The number of halogens is 1. The van der Waals surface area contributed by atoms with E-state index in [1.807, 2.05) is 31.2 Å². The van der Waals surface area contributed by atoms with Crippen LogP contribution in [0.25, 0.3) is 0 Å². The average molecular weight is 289 g/mol. The van der Waals surface area contributed by atoms with Gasteiger partial charge in [0.2, 0.25) is 0 Å². The molecule has 4 nitrogen and oxygen atoms in total. The Morgan fingerprint density at radius 2 is 2.10 bits per heavy atom. The molecule has 0 saturated carbocycles. The van der Waals surface area contributed by atoms with Gasteiger partial charge in [0, 0.05) is 0 Å². The first kappa shape index (κ1) is 14.8. The number of carbonyl (C=O) groups excluding carboxylic acids is 1. The Labute approximate surface area is 122 Å². The molecule has 21 heavy (non-hydrogen) atoms. The van der Waals surface area contributed by atoms with Crippen molar-refractivity contribution in [3.8, 4) is 11.5 Å². The van der Waals surface area contributed by atoms with Crippen molar-refractivity contribution in [1.29, 1.82) is 0 Å². The van der Waals surface area contributed by atoms with E-state index in [0.29, 0.717) is 0 Å². The van der Waals surface area contributed by atoms with Gasteiger partial charge in [-0.25, -0.2) is 4.39 Å². The van der Waals surface area contributed by atoms with Crippen LogP contribution in [0.4, 0.5) is 4.39 Å². The van der Waals surface area contributed by atoms with Crippen molar-refractivity contribution in [1.82, 2.24) is 5.32 Å². The van der Waals surface area contributed by atoms with Crippen LogP contribution in [0.5, 0.6) is 11.5 Å². The zero-order valence-electron chi connectivity index (χ0n) is 11.6. The summed E-state index contributed by atoms with van der Waals surface area (Å²) in [6.45, 7) is 2.50. The average Bonchev–Trinajstić information content (AvgIpc) is 2.46. The van der Waals surface area contributed by atoms with Gasteiger partial charge in [0.25, 0.3) is 5.91 Å². The minimum Gasteiger partial charge on any atom is -0.507 e. The molecule has 0 aliphatic heterocycles. The molecule has 1 amide bonds. The van der Waals surface area contributed by atoms with Crippen LogP contribution in [0.1, 0.15) is 15.9 Å². The first-order valence-electron chi connectivity index (χ1n) is 6.52. The molecule has 2 N–H and O–H groups in total. The number of phenols is 1. The third kappa shape index (κ3) is 4.21. The molecular weight excluding hydrogens is 273 g/mol. The molecule has 0 unspecified atom stereocenters. The Bertz CT molecular complexity index is 643. The number of rotatable bonds is 5. The molecule has 2 aromatic carbocycles. The standard InChI is InChI=1S/C16H16FNO3/c1-11-3-2-4-13(9-11)21-8-7-18-16(20)14-10-12(17)5-6-15(14)19/h2-6,9-10,19H,7-8H2,1H3,(H,18,20). The zero-order valence-corrected chi connectivity index (χ0v) is 11.6. The van der Waals surface area contributed by atoms with Crippen LogP contribution in [-0.4, -0.2) is 24.2 Å². The van der Waals surface area contributed by atoms with E-state index >= 15 is 0 Å². The highest BCUT2D eigenvalue weighted by Crippen LogP contribution is 2.17. The largest absolute Gasteiger partial charge is 0.507 e. The van der Waals surface area contributed by atoms with Gasteiger partial charge >= 0.3 is 0 Å². The van der Waals surface area contributed by atoms with Crippen molar-refractivity contribution in [2.45, 2.75) is 6.92 Å². The highest BCUT2D eigenvalue weighted by Gasteiger charge is 2.11. The van der Waals surface area contributed by atoms with Gasteiger partial charge in [-0.05, 0) is 42.8 Å². The SMILES string of the molecule is Cc1cccc(OCCNC(=O)c2cc(F)ccc2O)c1. The Kier molecular flexibility index (Phi) is 4.77. The smallest absolute Gasteiger partial charge is 0.255 e. The molecule has 5 heteroatoms. The normalized spacial score (nSPS) is 10.2. The second-order valence-electron chi connectivity index (χ2n) is 4.58. The Morgan fingerprint density at radius 3 is 2.86 bits per heavy atom. The maximum atomic E-state index is 13.0.